The second-order valence-corrected chi connectivity index (χ2v) is 10.5. The zero-order valence-electron chi connectivity index (χ0n) is 18.4. The SMILES string of the molecule is CCc1cccc2sc(=NC(=O)C3CCCN3S(=O)(=O)c3ccc(OC)cc3)n(CC)c12. The predicted octanol–water partition coefficient (Wildman–Crippen LogP) is 3.57. The van der Waals surface area contributed by atoms with Crippen LogP contribution in [-0.4, -0.2) is 42.9 Å². The topological polar surface area (TPSA) is 81.0 Å². The van der Waals surface area contributed by atoms with E-state index in [9.17, 15) is 13.2 Å². The van der Waals surface area contributed by atoms with Crippen LogP contribution in [0.15, 0.2) is 52.4 Å². The highest BCUT2D eigenvalue weighted by atomic mass is 32.2. The lowest BCUT2D eigenvalue weighted by Gasteiger charge is -2.21. The van der Waals surface area contributed by atoms with Gasteiger partial charge in [0, 0.05) is 13.1 Å². The van der Waals surface area contributed by atoms with Gasteiger partial charge in [0.05, 0.1) is 22.2 Å². The number of nitrogens with zero attached hydrogens (tertiary/aromatic N) is 3. The van der Waals surface area contributed by atoms with Gasteiger partial charge in [-0.25, -0.2) is 8.42 Å². The van der Waals surface area contributed by atoms with Crippen LogP contribution in [0, 0.1) is 0 Å². The monoisotopic (exact) mass is 473 g/mol. The maximum Gasteiger partial charge on any atom is 0.266 e. The number of aromatic nitrogens is 1. The molecule has 0 radical (unpaired) electrons. The van der Waals surface area contributed by atoms with Crippen LogP contribution in [-0.2, 0) is 27.8 Å². The number of thiazole rings is 1. The number of methoxy groups -OCH3 is 1. The highest BCUT2D eigenvalue weighted by Gasteiger charge is 2.39. The van der Waals surface area contributed by atoms with Gasteiger partial charge in [-0.1, -0.05) is 30.4 Å². The molecule has 1 fully saturated rings. The largest absolute Gasteiger partial charge is 0.497 e. The number of para-hydroxylation sites is 1. The van der Waals surface area contributed by atoms with Crippen LogP contribution in [0.3, 0.4) is 0 Å². The third kappa shape index (κ3) is 4.00. The molecule has 1 aliphatic heterocycles. The minimum absolute atomic E-state index is 0.149. The third-order valence-electron chi connectivity index (χ3n) is 5.84. The molecule has 4 rings (SSSR count). The Labute approximate surface area is 192 Å². The summed E-state index contributed by atoms with van der Waals surface area (Å²) in [5.74, 6) is 0.166. The van der Waals surface area contributed by atoms with Gasteiger partial charge in [0.15, 0.2) is 4.80 Å². The van der Waals surface area contributed by atoms with Crippen LogP contribution >= 0.6 is 11.3 Å². The Hall–Kier alpha value is -2.49. The summed E-state index contributed by atoms with van der Waals surface area (Å²) in [7, 11) is -2.28. The Morgan fingerprint density at radius 3 is 2.59 bits per heavy atom. The molecule has 3 aromatic rings. The molecule has 0 bridgehead atoms. The summed E-state index contributed by atoms with van der Waals surface area (Å²) in [5.41, 5.74) is 2.31. The van der Waals surface area contributed by atoms with Gasteiger partial charge in [-0.05, 0) is 62.1 Å². The van der Waals surface area contributed by atoms with E-state index in [4.69, 9.17) is 4.74 Å². The van der Waals surface area contributed by atoms with Gasteiger partial charge in [-0.15, -0.1) is 0 Å². The molecule has 1 atom stereocenters. The van der Waals surface area contributed by atoms with E-state index in [1.807, 2.05) is 23.6 Å². The second kappa shape index (κ2) is 9.17. The number of benzene rings is 2. The lowest BCUT2D eigenvalue weighted by molar-refractivity contribution is -0.121. The summed E-state index contributed by atoms with van der Waals surface area (Å²) in [6, 6.07) is 11.6. The molecule has 0 N–H and O–H groups in total. The summed E-state index contributed by atoms with van der Waals surface area (Å²) in [4.78, 5) is 18.4. The Morgan fingerprint density at radius 1 is 1.19 bits per heavy atom. The van der Waals surface area contributed by atoms with Crippen molar-refractivity contribution in [2.75, 3.05) is 13.7 Å². The summed E-state index contributed by atoms with van der Waals surface area (Å²) in [5, 5.41) is 0. The highest BCUT2D eigenvalue weighted by molar-refractivity contribution is 7.89. The molecule has 0 saturated carbocycles. The van der Waals surface area contributed by atoms with Gasteiger partial charge in [0.1, 0.15) is 11.8 Å². The van der Waals surface area contributed by atoms with Crippen LogP contribution in [0.2, 0.25) is 0 Å². The van der Waals surface area contributed by atoms with Crippen LogP contribution in [0.25, 0.3) is 10.2 Å². The molecule has 1 amide bonds. The van der Waals surface area contributed by atoms with Gasteiger partial charge in [0.25, 0.3) is 5.91 Å². The van der Waals surface area contributed by atoms with Crippen LogP contribution in [0.1, 0.15) is 32.3 Å². The first-order valence-corrected chi connectivity index (χ1v) is 13.0. The van der Waals surface area contributed by atoms with Crippen LogP contribution in [0.5, 0.6) is 5.75 Å². The quantitative estimate of drug-likeness (QED) is 0.548. The number of ether oxygens (including phenoxy) is 1. The number of hydrogen-bond acceptors (Lipinski definition) is 5. The molecule has 9 heteroatoms. The van der Waals surface area contributed by atoms with Crippen molar-refractivity contribution >= 4 is 37.5 Å². The number of carbonyl (C=O) groups excluding carboxylic acids is 1. The summed E-state index contributed by atoms with van der Waals surface area (Å²) in [6.45, 7) is 5.12. The molecular weight excluding hydrogens is 446 g/mol. The van der Waals surface area contributed by atoms with Gasteiger partial charge in [0.2, 0.25) is 10.0 Å². The maximum atomic E-state index is 13.2. The smallest absolute Gasteiger partial charge is 0.266 e. The zero-order chi connectivity index (χ0) is 22.9. The zero-order valence-corrected chi connectivity index (χ0v) is 20.1. The van der Waals surface area contributed by atoms with Gasteiger partial charge >= 0.3 is 0 Å². The molecule has 2 heterocycles. The molecule has 1 saturated heterocycles. The van der Waals surface area contributed by atoms with E-state index < -0.39 is 22.0 Å². The van der Waals surface area contributed by atoms with Crippen molar-refractivity contribution < 1.29 is 17.9 Å². The standard InChI is InChI=1S/C23H27N3O4S2/c1-4-16-8-6-10-20-21(16)25(5-2)23(31-20)24-22(27)19-9-7-15-26(19)32(28,29)18-13-11-17(30-3)12-14-18/h6,8,10-14,19H,4-5,7,9,15H2,1-3H3. The van der Waals surface area contributed by atoms with Crippen molar-refractivity contribution in [2.24, 2.45) is 4.99 Å². The van der Waals surface area contributed by atoms with E-state index >= 15 is 0 Å². The van der Waals surface area contributed by atoms with E-state index in [1.54, 1.807) is 12.1 Å². The molecule has 0 aliphatic carbocycles. The molecule has 1 aromatic heterocycles. The minimum Gasteiger partial charge on any atom is -0.497 e. The number of hydrogen-bond donors (Lipinski definition) is 0. The summed E-state index contributed by atoms with van der Waals surface area (Å²) >= 11 is 1.47. The molecule has 32 heavy (non-hydrogen) atoms. The summed E-state index contributed by atoms with van der Waals surface area (Å²) < 4.78 is 36.0. The van der Waals surface area contributed by atoms with Crippen molar-refractivity contribution in [1.82, 2.24) is 8.87 Å². The van der Waals surface area contributed by atoms with Crippen LogP contribution in [0.4, 0.5) is 0 Å². The molecule has 2 aromatic carbocycles. The third-order valence-corrected chi connectivity index (χ3v) is 8.81. The first kappa shape index (κ1) is 22.7. The summed E-state index contributed by atoms with van der Waals surface area (Å²) in [6.07, 6.45) is 1.98. The first-order valence-electron chi connectivity index (χ1n) is 10.8. The average Bonchev–Trinajstić information content (AvgIpc) is 3.44. The number of carbonyl (C=O) groups is 1. The van der Waals surface area contributed by atoms with Crippen LogP contribution < -0.4 is 9.54 Å². The minimum atomic E-state index is -3.81. The van der Waals surface area contributed by atoms with E-state index in [0.717, 1.165) is 16.6 Å². The number of aryl methyl sites for hydroxylation is 2. The Balaban J connectivity index is 1.71. The molecule has 0 spiro atoms. The molecular formula is C23H27N3O4S2. The number of amides is 1. The number of fused-ring (bicyclic) bond motifs is 1. The van der Waals surface area contributed by atoms with Gasteiger partial charge in [-0.2, -0.15) is 9.30 Å². The molecule has 170 valence electrons. The normalized spacial score (nSPS) is 17.8. The average molecular weight is 474 g/mol. The van der Waals surface area contributed by atoms with E-state index in [1.165, 1.54) is 40.4 Å². The fraction of sp³-hybridized carbons (Fsp3) is 0.391. The first-order chi connectivity index (χ1) is 15.4. The molecule has 1 aliphatic rings. The second-order valence-electron chi connectivity index (χ2n) is 7.65. The van der Waals surface area contributed by atoms with Crippen molar-refractivity contribution in [2.45, 2.75) is 50.6 Å². The Kier molecular flexibility index (Phi) is 6.50. The lowest BCUT2D eigenvalue weighted by Crippen LogP contribution is -2.40. The van der Waals surface area contributed by atoms with Crippen molar-refractivity contribution in [3.8, 4) is 5.75 Å². The molecule has 1 unspecified atom stereocenters. The lowest BCUT2D eigenvalue weighted by atomic mass is 10.1. The maximum absolute atomic E-state index is 13.2. The van der Waals surface area contributed by atoms with E-state index in [2.05, 4.69) is 18.0 Å². The van der Waals surface area contributed by atoms with Crippen molar-refractivity contribution in [3.63, 3.8) is 0 Å². The van der Waals surface area contributed by atoms with E-state index in [-0.39, 0.29) is 4.90 Å². The predicted molar refractivity (Wildman–Crippen MR) is 125 cm³/mol. The fourth-order valence-electron chi connectivity index (χ4n) is 4.19. The van der Waals surface area contributed by atoms with Crippen molar-refractivity contribution in [3.05, 3.63) is 52.8 Å². The fourth-order valence-corrected chi connectivity index (χ4v) is 6.99. The number of rotatable bonds is 6. The highest BCUT2D eigenvalue weighted by Crippen LogP contribution is 2.28. The number of sulfonamides is 1. The van der Waals surface area contributed by atoms with E-state index in [0.29, 0.717) is 36.5 Å². The van der Waals surface area contributed by atoms with Crippen molar-refractivity contribution in [1.29, 1.82) is 0 Å². The Morgan fingerprint density at radius 2 is 1.94 bits per heavy atom. The van der Waals surface area contributed by atoms with Gasteiger partial charge < -0.3 is 9.30 Å². The molecule has 7 nitrogen and oxygen atoms in total. The Bertz CT molecular complexity index is 1310. The van der Waals surface area contributed by atoms with Gasteiger partial charge in [-0.3, -0.25) is 4.79 Å².